The summed E-state index contributed by atoms with van der Waals surface area (Å²) in [4.78, 5) is 36.3. The fourth-order valence-corrected chi connectivity index (χ4v) is 4.47. The highest BCUT2D eigenvalue weighted by atomic mass is 35.5. The quantitative estimate of drug-likeness (QED) is 0.492. The zero-order valence-electron chi connectivity index (χ0n) is 19.8. The van der Waals surface area contributed by atoms with E-state index in [0.29, 0.717) is 23.7 Å². The van der Waals surface area contributed by atoms with Crippen molar-refractivity contribution in [1.29, 1.82) is 0 Å². The van der Waals surface area contributed by atoms with Gasteiger partial charge in [0.05, 0.1) is 0 Å². The molecule has 0 saturated heterocycles. The summed E-state index contributed by atoms with van der Waals surface area (Å²) in [5.41, 5.74) is 3.89. The molecule has 182 valence electrons. The van der Waals surface area contributed by atoms with Crippen molar-refractivity contribution >= 4 is 29.1 Å². The van der Waals surface area contributed by atoms with Gasteiger partial charge in [-0.1, -0.05) is 29.8 Å². The van der Waals surface area contributed by atoms with Crippen LogP contribution in [0, 0.1) is 0 Å². The van der Waals surface area contributed by atoms with E-state index in [1.165, 1.54) is 6.20 Å². The molecule has 2 amide bonds. The predicted octanol–water partition coefficient (Wildman–Crippen LogP) is 5.12. The van der Waals surface area contributed by atoms with Crippen LogP contribution < -0.4 is 15.0 Å². The summed E-state index contributed by atoms with van der Waals surface area (Å²) in [6.07, 6.45) is 12.2. The Hall–Kier alpha value is -3.97. The Morgan fingerprint density at radius 3 is 2.75 bits per heavy atom. The van der Waals surface area contributed by atoms with Crippen molar-refractivity contribution in [2.75, 3.05) is 11.9 Å². The van der Waals surface area contributed by atoms with Gasteiger partial charge in [-0.15, -0.1) is 0 Å². The maximum Gasteiger partial charge on any atom is 0.270 e. The summed E-state index contributed by atoms with van der Waals surface area (Å²) in [5, 5.41) is 3.30. The lowest BCUT2D eigenvalue weighted by Crippen LogP contribution is -2.46. The van der Waals surface area contributed by atoms with Crippen molar-refractivity contribution < 1.29 is 14.3 Å². The van der Waals surface area contributed by atoms with Crippen LogP contribution in [0.4, 0.5) is 5.69 Å². The minimum Gasteiger partial charge on any atom is -0.458 e. The number of benzene rings is 1. The topological polar surface area (TPSA) is 84.4 Å². The van der Waals surface area contributed by atoms with Gasteiger partial charge in [-0.3, -0.25) is 14.6 Å². The molecule has 2 aliphatic rings. The van der Waals surface area contributed by atoms with E-state index in [-0.39, 0.29) is 11.6 Å². The third kappa shape index (κ3) is 5.16. The standard InChI is InChI=1S/C28H25ClN4O3/c1-33-25-15-19(20-10-12-26(29)31-17-20)8-7-18(25)9-11-23(28(33)35)32-27(34)24-16-22(13-14-30-24)36-21-5-3-2-4-6-21/h3,5-8,10,12-17,23H,2,4,9,11H2,1H3,(H,32,34)/t23-/m0/s1. The monoisotopic (exact) mass is 500 g/mol. The Balaban J connectivity index is 1.31. The number of hydrogen-bond acceptors (Lipinski definition) is 5. The lowest BCUT2D eigenvalue weighted by atomic mass is 10.0. The number of likely N-dealkylation sites (N-methyl/N-ethyl adjacent to an activating group) is 1. The predicted molar refractivity (Wildman–Crippen MR) is 139 cm³/mol. The highest BCUT2D eigenvalue weighted by Crippen LogP contribution is 2.31. The van der Waals surface area contributed by atoms with Gasteiger partial charge in [-0.2, -0.15) is 0 Å². The number of fused-ring (bicyclic) bond motifs is 1. The van der Waals surface area contributed by atoms with Crippen molar-refractivity contribution in [2.24, 2.45) is 0 Å². The van der Waals surface area contributed by atoms with Gasteiger partial charge in [0.15, 0.2) is 0 Å². The molecule has 1 aliphatic carbocycles. The second kappa shape index (κ2) is 10.3. The molecule has 7 nitrogen and oxygen atoms in total. The third-order valence-electron chi connectivity index (χ3n) is 6.30. The summed E-state index contributed by atoms with van der Waals surface area (Å²) in [6, 6.07) is 12.2. The van der Waals surface area contributed by atoms with E-state index in [2.05, 4.69) is 15.3 Å². The van der Waals surface area contributed by atoms with Crippen molar-refractivity contribution in [1.82, 2.24) is 15.3 Å². The number of rotatable bonds is 5. The Bertz CT molecular complexity index is 1370. The molecule has 8 heteroatoms. The first kappa shape index (κ1) is 23.8. The maximum absolute atomic E-state index is 13.3. The SMILES string of the molecule is CN1C(=O)[C@@H](NC(=O)c2cc(OC3=CCCC=C3)ccn2)CCc2ccc(-c3ccc(Cl)nc3)cc21. The smallest absolute Gasteiger partial charge is 0.270 e. The van der Waals surface area contributed by atoms with Gasteiger partial charge in [0, 0.05) is 36.8 Å². The highest BCUT2D eigenvalue weighted by molar-refractivity contribution is 6.29. The van der Waals surface area contributed by atoms with Crippen LogP contribution in [-0.2, 0) is 11.2 Å². The van der Waals surface area contributed by atoms with Crippen LogP contribution in [0.2, 0.25) is 5.15 Å². The van der Waals surface area contributed by atoms with E-state index < -0.39 is 11.9 Å². The maximum atomic E-state index is 13.3. The number of carbonyl (C=O) groups excluding carboxylic acids is 2. The molecule has 0 spiro atoms. The second-order valence-electron chi connectivity index (χ2n) is 8.74. The largest absolute Gasteiger partial charge is 0.458 e. The number of carbonyl (C=O) groups is 2. The van der Waals surface area contributed by atoms with Gasteiger partial charge in [0.1, 0.15) is 28.4 Å². The van der Waals surface area contributed by atoms with E-state index in [4.69, 9.17) is 16.3 Å². The van der Waals surface area contributed by atoms with Crippen molar-refractivity contribution in [3.8, 4) is 16.9 Å². The first-order chi connectivity index (χ1) is 17.5. The van der Waals surface area contributed by atoms with E-state index in [0.717, 1.165) is 41.0 Å². The number of allylic oxidation sites excluding steroid dienone is 3. The summed E-state index contributed by atoms with van der Waals surface area (Å²) in [6.45, 7) is 0. The average Bonchev–Trinajstić information content (AvgIpc) is 3.02. The minimum absolute atomic E-state index is 0.182. The number of aryl methyl sites for hydroxylation is 1. The van der Waals surface area contributed by atoms with Gasteiger partial charge in [-0.05, 0) is 73.2 Å². The number of pyridine rings is 2. The number of halogens is 1. The Labute approximate surface area is 214 Å². The second-order valence-corrected chi connectivity index (χ2v) is 9.13. The average molecular weight is 501 g/mol. The van der Waals surface area contributed by atoms with Crippen LogP contribution in [0.25, 0.3) is 11.1 Å². The molecule has 0 saturated carbocycles. The third-order valence-corrected chi connectivity index (χ3v) is 6.53. The number of nitrogens with zero attached hydrogens (tertiary/aromatic N) is 3. The lowest BCUT2D eigenvalue weighted by molar-refractivity contribution is -0.120. The fourth-order valence-electron chi connectivity index (χ4n) is 4.36. The Kier molecular flexibility index (Phi) is 6.82. The molecule has 1 atom stereocenters. The van der Waals surface area contributed by atoms with Gasteiger partial charge in [0.25, 0.3) is 5.91 Å². The molecule has 1 aromatic carbocycles. The zero-order valence-corrected chi connectivity index (χ0v) is 20.5. The van der Waals surface area contributed by atoms with Gasteiger partial charge >= 0.3 is 0 Å². The fraction of sp³-hybridized carbons (Fsp3) is 0.214. The summed E-state index contributed by atoms with van der Waals surface area (Å²) < 4.78 is 5.86. The molecule has 0 bridgehead atoms. The molecule has 1 N–H and O–H groups in total. The van der Waals surface area contributed by atoms with E-state index >= 15 is 0 Å². The normalized spacial score (nSPS) is 17.2. The molecule has 0 radical (unpaired) electrons. The van der Waals surface area contributed by atoms with Gasteiger partial charge in [-0.25, -0.2) is 4.98 Å². The van der Waals surface area contributed by atoms with Crippen LogP contribution >= 0.6 is 11.6 Å². The number of ether oxygens (including phenoxy) is 1. The molecule has 0 unspecified atom stereocenters. The molecule has 36 heavy (non-hydrogen) atoms. The Morgan fingerprint density at radius 1 is 1.11 bits per heavy atom. The Morgan fingerprint density at radius 2 is 1.97 bits per heavy atom. The number of anilines is 1. The van der Waals surface area contributed by atoms with Crippen molar-refractivity contribution in [3.05, 3.63) is 95.3 Å². The van der Waals surface area contributed by atoms with E-state index in [9.17, 15) is 9.59 Å². The first-order valence-electron chi connectivity index (χ1n) is 11.8. The van der Waals surface area contributed by atoms with Crippen LogP contribution in [0.3, 0.4) is 0 Å². The molecule has 2 aromatic heterocycles. The molecule has 0 fully saturated rings. The van der Waals surface area contributed by atoms with Crippen LogP contribution in [0.1, 0.15) is 35.3 Å². The number of aromatic nitrogens is 2. The van der Waals surface area contributed by atoms with Gasteiger partial charge in [0.2, 0.25) is 5.91 Å². The van der Waals surface area contributed by atoms with E-state index in [1.54, 1.807) is 36.3 Å². The van der Waals surface area contributed by atoms with Crippen LogP contribution in [-0.4, -0.2) is 34.9 Å². The zero-order chi connectivity index (χ0) is 25.1. The molecule has 1 aliphatic heterocycles. The van der Waals surface area contributed by atoms with Crippen LogP contribution in [0.15, 0.2) is 78.8 Å². The summed E-state index contributed by atoms with van der Waals surface area (Å²) >= 11 is 5.92. The highest BCUT2D eigenvalue weighted by Gasteiger charge is 2.30. The summed E-state index contributed by atoms with van der Waals surface area (Å²) in [5.74, 6) is 0.664. The number of hydrogen-bond donors (Lipinski definition) is 1. The van der Waals surface area contributed by atoms with E-state index in [1.807, 2.05) is 42.5 Å². The number of amides is 2. The van der Waals surface area contributed by atoms with Gasteiger partial charge < -0.3 is 15.0 Å². The summed E-state index contributed by atoms with van der Waals surface area (Å²) in [7, 11) is 1.73. The lowest BCUT2D eigenvalue weighted by Gasteiger charge is -2.22. The first-order valence-corrected chi connectivity index (χ1v) is 12.2. The molecular formula is C28H25ClN4O3. The molecular weight excluding hydrogens is 476 g/mol. The minimum atomic E-state index is -0.675. The number of nitrogens with one attached hydrogen (secondary N) is 1. The molecule has 5 rings (SSSR count). The molecule has 3 heterocycles. The molecule has 3 aromatic rings. The van der Waals surface area contributed by atoms with Crippen molar-refractivity contribution in [2.45, 2.75) is 31.7 Å². The van der Waals surface area contributed by atoms with Crippen LogP contribution in [0.5, 0.6) is 5.75 Å². The van der Waals surface area contributed by atoms with Crippen molar-refractivity contribution in [3.63, 3.8) is 0 Å².